The van der Waals surface area contributed by atoms with E-state index < -0.39 is 11.7 Å². The SMILES string of the molecule is O=C(NCCc1cscn1)c1csc2nc(-c3cccc(C(F)(F)F)c3)cn12. The molecule has 0 aliphatic rings. The average Bonchev–Trinajstić information content (AvgIpc) is 3.38. The van der Waals surface area contributed by atoms with Crippen LogP contribution in [-0.2, 0) is 12.6 Å². The first kappa shape index (κ1) is 18.6. The Hall–Kier alpha value is -2.72. The third kappa shape index (κ3) is 3.78. The highest BCUT2D eigenvalue weighted by Gasteiger charge is 2.30. The quantitative estimate of drug-likeness (QED) is 0.515. The van der Waals surface area contributed by atoms with Gasteiger partial charge < -0.3 is 5.32 Å². The van der Waals surface area contributed by atoms with E-state index in [0.29, 0.717) is 34.9 Å². The van der Waals surface area contributed by atoms with Crippen molar-refractivity contribution >= 4 is 33.5 Å². The van der Waals surface area contributed by atoms with E-state index in [-0.39, 0.29) is 5.91 Å². The van der Waals surface area contributed by atoms with Crippen molar-refractivity contribution in [2.24, 2.45) is 0 Å². The number of imidazole rings is 1. The molecule has 10 heteroatoms. The van der Waals surface area contributed by atoms with Crippen molar-refractivity contribution in [1.82, 2.24) is 19.7 Å². The summed E-state index contributed by atoms with van der Waals surface area (Å²) in [6.45, 7) is 0.440. The number of fused-ring (bicyclic) bond motifs is 1. The van der Waals surface area contributed by atoms with E-state index in [4.69, 9.17) is 0 Å². The maximum Gasteiger partial charge on any atom is 0.416 e. The van der Waals surface area contributed by atoms with Gasteiger partial charge in [0.05, 0.1) is 22.5 Å². The van der Waals surface area contributed by atoms with Gasteiger partial charge in [0.1, 0.15) is 5.69 Å². The molecule has 0 unspecified atom stereocenters. The van der Waals surface area contributed by atoms with Gasteiger partial charge in [-0.2, -0.15) is 13.2 Å². The van der Waals surface area contributed by atoms with Crippen molar-refractivity contribution in [2.75, 3.05) is 6.54 Å². The van der Waals surface area contributed by atoms with E-state index >= 15 is 0 Å². The van der Waals surface area contributed by atoms with Crippen molar-refractivity contribution in [3.8, 4) is 11.3 Å². The van der Waals surface area contributed by atoms with Gasteiger partial charge in [-0.05, 0) is 12.1 Å². The smallest absolute Gasteiger partial charge is 0.350 e. The molecule has 28 heavy (non-hydrogen) atoms. The zero-order valence-electron chi connectivity index (χ0n) is 14.2. The zero-order chi connectivity index (χ0) is 19.7. The van der Waals surface area contributed by atoms with E-state index in [1.807, 2.05) is 5.38 Å². The molecule has 1 N–H and O–H groups in total. The molecule has 5 nitrogen and oxygen atoms in total. The molecule has 0 spiro atoms. The molecule has 0 saturated heterocycles. The topological polar surface area (TPSA) is 59.3 Å². The van der Waals surface area contributed by atoms with E-state index in [1.165, 1.54) is 28.7 Å². The lowest BCUT2D eigenvalue weighted by molar-refractivity contribution is -0.137. The van der Waals surface area contributed by atoms with Crippen molar-refractivity contribution in [3.05, 3.63) is 63.7 Å². The van der Waals surface area contributed by atoms with Gasteiger partial charge in [-0.1, -0.05) is 12.1 Å². The summed E-state index contributed by atoms with van der Waals surface area (Å²) in [6, 6.07) is 4.98. The Morgan fingerprint density at radius 1 is 1.25 bits per heavy atom. The first-order valence-corrected chi connectivity index (χ1v) is 10.0. The van der Waals surface area contributed by atoms with Gasteiger partial charge in [0.25, 0.3) is 5.91 Å². The number of nitrogens with one attached hydrogen (secondary N) is 1. The fourth-order valence-electron chi connectivity index (χ4n) is 2.70. The summed E-state index contributed by atoms with van der Waals surface area (Å²) in [5, 5.41) is 6.43. The average molecular weight is 422 g/mol. The summed E-state index contributed by atoms with van der Waals surface area (Å²) in [5.41, 5.74) is 3.04. The molecule has 4 rings (SSSR count). The van der Waals surface area contributed by atoms with Crippen LogP contribution >= 0.6 is 22.7 Å². The van der Waals surface area contributed by atoms with Crippen LogP contribution in [0.4, 0.5) is 13.2 Å². The summed E-state index contributed by atoms with van der Waals surface area (Å²) < 4.78 is 40.4. The molecule has 0 saturated carbocycles. The van der Waals surface area contributed by atoms with Crippen LogP contribution in [0.1, 0.15) is 21.7 Å². The van der Waals surface area contributed by atoms with Crippen LogP contribution in [0.15, 0.2) is 46.7 Å². The summed E-state index contributed by atoms with van der Waals surface area (Å²) in [4.78, 5) is 21.5. The fourth-order valence-corrected chi connectivity index (χ4v) is 4.14. The largest absolute Gasteiger partial charge is 0.416 e. The number of alkyl halides is 3. The second-order valence-corrected chi connectivity index (χ2v) is 7.52. The second kappa shape index (κ2) is 7.36. The minimum absolute atomic E-state index is 0.269. The van der Waals surface area contributed by atoms with Crippen molar-refractivity contribution in [3.63, 3.8) is 0 Å². The summed E-state index contributed by atoms with van der Waals surface area (Å²) in [6.07, 6.45) is -2.21. The Bertz CT molecular complexity index is 1120. The third-order valence-corrected chi connectivity index (χ3v) is 5.55. The molecule has 0 bridgehead atoms. The number of benzene rings is 1. The van der Waals surface area contributed by atoms with Crippen LogP contribution in [0.5, 0.6) is 0 Å². The van der Waals surface area contributed by atoms with E-state index in [9.17, 15) is 18.0 Å². The van der Waals surface area contributed by atoms with Gasteiger partial charge in [-0.25, -0.2) is 9.97 Å². The first-order valence-electron chi connectivity index (χ1n) is 8.21. The van der Waals surface area contributed by atoms with E-state index in [2.05, 4.69) is 15.3 Å². The molecule has 1 amide bonds. The number of halogens is 3. The minimum atomic E-state index is -4.42. The number of hydrogen-bond donors (Lipinski definition) is 1. The third-order valence-electron chi connectivity index (χ3n) is 4.08. The van der Waals surface area contributed by atoms with Gasteiger partial charge in [-0.3, -0.25) is 9.20 Å². The molecule has 0 aliphatic carbocycles. The lowest BCUT2D eigenvalue weighted by atomic mass is 10.1. The second-order valence-electron chi connectivity index (χ2n) is 5.96. The number of nitrogens with zero attached hydrogens (tertiary/aromatic N) is 3. The van der Waals surface area contributed by atoms with Crippen LogP contribution in [0, 0.1) is 0 Å². The number of hydrogen-bond acceptors (Lipinski definition) is 5. The highest BCUT2D eigenvalue weighted by molar-refractivity contribution is 7.15. The fraction of sp³-hybridized carbons (Fsp3) is 0.167. The molecule has 0 atom stereocenters. The van der Waals surface area contributed by atoms with Crippen LogP contribution in [0.25, 0.3) is 16.2 Å². The van der Waals surface area contributed by atoms with Crippen LogP contribution in [0.3, 0.4) is 0 Å². The Kier molecular flexibility index (Phi) is 4.90. The number of aromatic nitrogens is 3. The molecule has 0 fully saturated rings. The summed E-state index contributed by atoms with van der Waals surface area (Å²) in [7, 11) is 0. The number of amides is 1. The maximum atomic E-state index is 12.9. The zero-order valence-corrected chi connectivity index (χ0v) is 15.9. The first-order chi connectivity index (χ1) is 13.4. The highest BCUT2D eigenvalue weighted by Crippen LogP contribution is 2.32. The number of thiazole rings is 2. The summed E-state index contributed by atoms with van der Waals surface area (Å²) >= 11 is 2.75. The molecular weight excluding hydrogens is 409 g/mol. The minimum Gasteiger partial charge on any atom is -0.350 e. The molecule has 3 aromatic heterocycles. The van der Waals surface area contributed by atoms with Gasteiger partial charge in [-0.15, -0.1) is 22.7 Å². The standard InChI is InChI=1S/C18H13F3N4OS2/c19-18(20,21)12-3-1-2-11(6-12)14-7-25-15(9-28-17(25)24-14)16(26)22-5-4-13-8-27-10-23-13/h1-3,6-10H,4-5H2,(H,22,26). The maximum absolute atomic E-state index is 12.9. The van der Waals surface area contributed by atoms with Gasteiger partial charge >= 0.3 is 6.18 Å². The Labute approximate surface area is 165 Å². The predicted molar refractivity (Wildman–Crippen MR) is 102 cm³/mol. The predicted octanol–water partition coefficient (Wildman–Crippen LogP) is 4.51. The van der Waals surface area contributed by atoms with Gasteiger partial charge in [0.15, 0.2) is 4.96 Å². The van der Waals surface area contributed by atoms with Gasteiger partial charge in [0, 0.05) is 35.5 Å². The van der Waals surface area contributed by atoms with E-state index in [1.54, 1.807) is 27.6 Å². The molecule has 1 aromatic carbocycles. The lowest BCUT2D eigenvalue weighted by Gasteiger charge is -2.07. The highest BCUT2D eigenvalue weighted by atomic mass is 32.1. The molecule has 144 valence electrons. The van der Waals surface area contributed by atoms with Crippen LogP contribution in [-0.4, -0.2) is 26.8 Å². The monoisotopic (exact) mass is 422 g/mol. The number of rotatable bonds is 5. The van der Waals surface area contributed by atoms with Crippen molar-refractivity contribution in [2.45, 2.75) is 12.6 Å². The van der Waals surface area contributed by atoms with Crippen molar-refractivity contribution in [1.29, 1.82) is 0 Å². The normalized spacial score (nSPS) is 11.8. The molecule has 0 aliphatic heterocycles. The molecule has 3 heterocycles. The number of carbonyl (C=O) groups is 1. The molecule has 4 aromatic rings. The summed E-state index contributed by atoms with van der Waals surface area (Å²) in [5.74, 6) is -0.269. The Balaban J connectivity index is 1.54. The van der Waals surface area contributed by atoms with Crippen LogP contribution < -0.4 is 5.32 Å². The van der Waals surface area contributed by atoms with Crippen LogP contribution in [0.2, 0.25) is 0 Å². The Morgan fingerprint density at radius 3 is 2.86 bits per heavy atom. The Morgan fingerprint density at radius 2 is 2.11 bits per heavy atom. The lowest BCUT2D eigenvalue weighted by Crippen LogP contribution is -2.26. The van der Waals surface area contributed by atoms with Gasteiger partial charge in [0.2, 0.25) is 0 Å². The van der Waals surface area contributed by atoms with E-state index in [0.717, 1.165) is 17.8 Å². The molecular formula is C18H13F3N4OS2. The van der Waals surface area contributed by atoms with Crippen molar-refractivity contribution < 1.29 is 18.0 Å². The molecule has 0 radical (unpaired) electrons. The number of carbonyl (C=O) groups excluding carboxylic acids is 1.